The van der Waals surface area contributed by atoms with Crippen LogP contribution in [0.5, 0.6) is 0 Å². The van der Waals surface area contributed by atoms with Gasteiger partial charge in [-0.05, 0) is 36.1 Å². The fraction of sp³-hybridized carbons (Fsp3) is 0.323. The van der Waals surface area contributed by atoms with Crippen LogP contribution in [0.4, 0.5) is 0 Å². The Bertz CT molecular complexity index is 1120. The molecular formula is C31H33NO3. The molecule has 0 radical (unpaired) electrons. The fourth-order valence-electron chi connectivity index (χ4n) is 5.62. The third-order valence-corrected chi connectivity index (χ3v) is 7.43. The molecule has 3 aliphatic rings. The van der Waals surface area contributed by atoms with E-state index in [1.807, 2.05) is 66.7 Å². The van der Waals surface area contributed by atoms with E-state index in [1.165, 1.54) is 5.56 Å². The molecule has 180 valence electrons. The summed E-state index contributed by atoms with van der Waals surface area (Å²) in [6.07, 6.45) is 4.52. The maximum Gasteiger partial charge on any atom is 0.254 e. The molecule has 5 atom stereocenters. The van der Waals surface area contributed by atoms with E-state index < -0.39 is 0 Å². The van der Waals surface area contributed by atoms with E-state index in [0.29, 0.717) is 32.3 Å². The van der Waals surface area contributed by atoms with Crippen molar-refractivity contribution in [3.8, 4) is 0 Å². The van der Waals surface area contributed by atoms with Gasteiger partial charge in [-0.2, -0.15) is 0 Å². The maximum absolute atomic E-state index is 13.6. The third-order valence-electron chi connectivity index (χ3n) is 7.43. The van der Waals surface area contributed by atoms with Crippen LogP contribution in [0.3, 0.4) is 0 Å². The molecule has 1 amide bonds. The number of benzene rings is 3. The SMILES string of the molecule is C[C@@H]1[C@@H]2C=C[C@@H]([C@@H](COCc3ccccc3)[C@H]2COCc2ccccc2)N1C(=O)c1ccccc1. The van der Waals surface area contributed by atoms with Crippen molar-refractivity contribution >= 4 is 5.91 Å². The van der Waals surface area contributed by atoms with Crippen molar-refractivity contribution < 1.29 is 14.3 Å². The Kier molecular flexibility index (Phi) is 7.41. The lowest BCUT2D eigenvalue weighted by atomic mass is 9.66. The number of ether oxygens (including phenoxy) is 2. The number of carbonyl (C=O) groups excluding carboxylic acids is 1. The lowest BCUT2D eigenvalue weighted by Crippen LogP contribution is -2.63. The zero-order valence-corrected chi connectivity index (χ0v) is 20.2. The Hall–Kier alpha value is -3.21. The van der Waals surface area contributed by atoms with Gasteiger partial charge in [-0.15, -0.1) is 0 Å². The van der Waals surface area contributed by atoms with Gasteiger partial charge >= 0.3 is 0 Å². The van der Waals surface area contributed by atoms with Crippen LogP contribution in [0.2, 0.25) is 0 Å². The summed E-state index contributed by atoms with van der Waals surface area (Å²) < 4.78 is 12.5. The van der Waals surface area contributed by atoms with Gasteiger partial charge in [0.05, 0.1) is 32.5 Å². The molecule has 0 unspecified atom stereocenters. The van der Waals surface area contributed by atoms with E-state index in [2.05, 4.69) is 48.2 Å². The molecule has 6 rings (SSSR count). The van der Waals surface area contributed by atoms with Gasteiger partial charge in [-0.3, -0.25) is 4.79 Å². The fourth-order valence-corrected chi connectivity index (χ4v) is 5.62. The highest BCUT2D eigenvalue weighted by Crippen LogP contribution is 2.44. The monoisotopic (exact) mass is 467 g/mol. The van der Waals surface area contributed by atoms with E-state index in [4.69, 9.17) is 9.47 Å². The average molecular weight is 468 g/mol. The van der Waals surface area contributed by atoms with Crippen LogP contribution in [-0.4, -0.2) is 36.1 Å². The quantitative estimate of drug-likeness (QED) is 0.376. The molecule has 1 aliphatic carbocycles. The first-order chi connectivity index (χ1) is 17.2. The topological polar surface area (TPSA) is 38.8 Å². The minimum atomic E-state index is -0.0104. The van der Waals surface area contributed by atoms with Crippen LogP contribution in [0.25, 0.3) is 0 Å². The molecule has 3 aromatic rings. The zero-order chi connectivity index (χ0) is 24.0. The van der Waals surface area contributed by atoms with Crippen LogP contribution in [0.15, 0.2) is 103 Å². The third kappa shape index (κ3) is 5.24. The van der Waals surface area contributed by atoms with Crippen molar-refractivity contribution in [2.45, 2.75) is 32.2 Å². The Balaban J connectivity index is 1.33. The summed E-state index contributed by atoms with van der Waals surface area (Å²) in [4.78, 5) is 15.6. The van der Waals surface area contributed by atoms with Gasteiger partial charge < -0.3 is 14.4 Å². The molecule has 2 heterocycles. The Labute approximate surface area is 208 Å². The van der Waals surface area contributed by atoms with Crippen LogP contribution in [0, 0.1) is 17.8 Å². The van der Waals surface area contributed by atoms with Crippen molar-refractivity contribution in [3.63, 3.8) is 0 Å². The van der Waals surface area contributed by atoms with Crippen molar-refractivity contribution in [1.82, 2.24) is 4.90 Å². The summed E-state index contributed by atoms with van der Waals surface area (Å²) in [6.45, 7) is 4.57. The van der Waals surface area contributed by atoms with Crippen LogP contribution < -0.4 is 0 Å². The van der Waals surface area contributed by atoms with E-state index in [0.717, 1.165) is 11.1 Å². The van der Waals surface area contributed by atoms with Crippen molar-refractivity contribution in [1.29, 1.82) is 0 Å². The van der Waals surface area contributed by atoms with Gasteiger partial charge in [0.1, 0.15) is 0 Å². The number of rotatable bonds is 9. The smallest absolute Gasteiger partial charge is 0.254 e. The van der Waals surface area contributed by atoms with Crippen LogP contribution in [0.1, 0.15) is 28.4 Å². The van der Waals surface area contributed by atoms with Gasteiger partial charge in [0.25, 0.3) is 5.91 Å². The van der Waals surface area contributed by atoms with E-state index >= 15 is 0 Å². The first kappa shape index (κ1) is 23.5. The number of carbonyl (C=O) groups is 1. The maximum atomic E-state index is 13.6. The molecule has 35 heavy (non-hydrogen) atoms. The first-order valence-corrected chi connectivity index (χ1v) is 12.5. The van der Waals surface area contributed by atoms with Gasteiger partial charge in [0, 0.05) is 23.4 Å². The highest BCUT2D eigenvalue weighted by molar-refractivity contribution is 5.95. The second-order valence-corrected chi connectivity index (χ2v) is 9.60. The summed E-state index contributed by atoms with van der Waals surface area (Å²) in [5.74, 6) is 0.788. The number of amides is 1. The molecule has 3 aromatic carbocycles. The Morgan fingerprint density at radius 3 is 1.80 bits per heavy atom. The summed E-state index contributed by atoms with van der Waals surface area (Å²) in [7, 11) is 0. The number of hydrogen-bond acceptors (Lipinski definition) is 3. The Morgan fingerprint density at radius 2 is 1.23 bits per heavy atom. The lowest BCUT2D eigenvalue weighted by Gasteiger charge is -2.55. The molecule has 1 fully saturated rings. The molecule has 1 saturated heterocycles. The predicted molar refractivity (Wildman–Crippen MR) is 138 cm³/mol. The predicted octanol–water partition coefficient (Wildman–Crippen LogP) is 5.75. The summed E-state index contributed by atoms with van der Waals surface area (Å²) in [6, 6.07) is 30.3. The number of hydrogen-bond donors (Lipinski definition) is 0. The highest BCUT2D eigenvalue weighted by atomic mass is 16.5. The largest absolute Gasteiger partial charge is 0.376 e. The van der Waals surface area contributed by atoms with Crippen LogP contribution >= 0.6 is 0 Å². The molecule has 0 aromatic heterocycles. The second kappa shape index (κ2) is 11.0. The average Bonchev–Trinajstić information content (AvgIpc) is 2.91. The molecule has 0 spiro atoms. The van der Waals surface area contributed by atoms with E-state index in [1.54, 1.807) is 0 Å². The first-order valence-electron chi connectivity index (χ1n) is 12.5. The van der Waals surface area contributed by atoms with Gasteiger partial charge in [-0.1, -0.05) is 91.0 Å². The van der Waals surface area contributed by atoms with Crippen LogP contribution in [-0.2, 0) is 22.7 Å². The lowest BCUT2D eigenvalue weighted by molar-refractivity contribution is -0.0714. The molecule has 4 heteroatoms. The van der Waals surface area contributed by atoms with Gasteiger partial charge in [-0.25, -0.2) is 0 Å². The standard InChI is InChI=1S/C31H33NO3/c1-23-27-17-18-30(32(23)31(33)26-15-9-4-10-16-26)29(22-35-20-25-13-7-3-8-14-25)28(27)21-34-19-24-11-5-2-6-12-24/h2-18,23,27-30H,19-22H2,1H3/t23-,27+,28+,29+,30+/m1/s1. The summed E-state index contributed by atoms with van der Waals surface area (Å²) >= 11 is 0. The Morgan fingerprint density at radius 1 is 0.714 bits per heavy atom. The number of fused-ring (bicyclic) bond motifs is 2. The van der Waals surface area contributed by atoms with Crippen molar-refractivity contribution in [2.24, 2.45) is 17.8 Å². The second-order valence-electron chi connectivity index (χ2n) is 9.60. The molecule has 4 nitrogen and oxygen atoms in total. The van der Waals surface area contributed by atoms with E-state index in [-0.39, 0.29) is 29.8 Å². The summed E-state index contributed by atoms with van der Waals surface area (Å²) in [5, 5.41) is 0. The normalized spacial score (nSPS) is 25.1. The zero-order valence-electron chi connectivity index (χ0n) is 20.2. The molecule has 2 aliphatic heterocycles. The molecule has 2 bridgehead atoms. The minimum absolute atomic E-state index is 0.0104. The van der Waals surface area contributed by atoms with Gasteiger partial charge in [0.2, 0.25) is 0 Å². The molecule has 0 N–H and O–H groups in total. The summed E-state index contributed by atoms with van der Waals surface area (Å²) in [5.41, 5.74) is 3.07. The molecule has 0 saturated carbocycles. The number of nitrogens with zero attached hydrogens (tertiary/aromatic N) is 1. The van der Waals surface area contributed by atoms with Crippen molar-refractivity contribution in [2.75, 3.05) is 13.2 Å². The van der Waals surface area contributed by atoms with Crippen molar-refractivity contribution in [3.05, 3.63) is 120 Å². The molecular weight excluding hydrogens is 434 g/mol. The highest BCUT2D eigenvalue weighted by Gasteiger charge is 2.50. The van der Waals surface area contributed by atoms with Gasteiger partial charge in [0.15, 0.2) is 0 Å². The number of piperidine rings is 1. The van der Waals surface area contributed by atoms with E-state index in [9.17, 15) is 4.79 Å². The minimum Gasteiger partial charge on any atom is -0.376 e.